The third-order valence-corrected chi connectivity index (χ3v) is 2.92. The van der Waals surface area contributed by atoms with Crippen molar-refractivity contribution in [3.8, 4) is 0 Å². The van der Waals surface area contributed by atoms with E-state index in [1.54, 1.807) is 0 Å². The van der Waals surface area contributed by atoms with E-state index in [1.165, 1.54) is 0 Å². The van der Waals surface area contributed by atoms with Crippen molar-refractivity contribution in [3.05, 3.63) is 11.1 Å². The van der Waals surface area contributed by atoms with Crippen LogP contribution < -0.4 is 0 Å². The minimum atomic E-state index is -1.34. The third kappa shape index (κ3) is 4.21. The lowest BCUT2D eigenvalue weighted by molar-refractivity contribution is -0.140. The molecule has 4 heteroatoms. The van der Waals surface area contributed by atoms with Gasteiger partial charge >= 0.3 is 11.9 Å². The van der Waals surface area contributed by atoms with Crippen molar-refractivity contribution in [2.45, 2.75) is 53.4 Å². The Balaban J connectivity index is 5.65. The lowest BCUT2D eigenvalue weighted by atomic mass is 9.76. The molecule has 2 N–H and O–H groups in total. The van der Waals surface area contributed by atoms with E-state index in [0.717, 1.165) is 19.3 Å². The summed E-state index contributed by atoms with van der Waals surface area (Å²) in [7, 11) is 0. The van der Waals surface area contributed by atoms with E-state index in [2.05, 4.69) is 0 Å². The summed E-state index contributed by atoms with van der Waals surface area (Å²) < 4.78 is 0. The summed E-state index contributed by atoms with van der Waals surface area (Å²) in [5.74, 6) is -2.68. The van der Waals surface area contributed by atoms with Crippen LogP contribution in [0.25, 0.3) is 0 Å². The molecule has 0 fully saturated rings. The average Bonchev–Trinajstić information content (AvgIpc) is 2.15. The molecule has 0 unspecified atom stereocenters. The van der Waals surface area contributed by atoms with E-state index in [1.807, 2.05) is 27.7 Å². The molecule has 0 aromatic rings. The number of carboxylic acids is 2. The van der Waals surface area contributed by atoms with Gasteiger partial charge in [-0.1, -0.05) is 40.5 Å². The van der Waals surface area contributed by atoms with Gasteiger partial charge in [0.05, 0.1) is 0 Å². The van der Waals surface area contributed by atoms with E-state index in [0.29, 0.717) is 12.0 Å². The second-order valence-electron chi connectivity index (χ2n) is 4.85. The first-order valence-electron chi connectivity index (χ1n) is 5.98. The zero-order chi connectivity index (χ0) is 13.6. The maximum absolute atomic E-state index is 11.1. The van der Waals surface area contributed by atoms with Crippen LogP contribution in [0.3, 0.4) is 0 Å². The molecule has 0 aliphatic carbocycles. The molecule has 0 aliphatic heterocycles. The molecular weight excluding hydrogens is 220 g/mol. The van der Waals surface area contributed by atoms with Crippen LogP contribution >= 0.6 is 0 Å². The highest BCUT2D eigenvalue weighted by molar-refractivity contribution is 6.13. The van der Waals surface area contributed by atoms with E-state index < -0.39 is 17.5 Å². The number of carboxylic acid groups (broad SMARTS) is 2. The molecule has 98 valence electrons. The first-order valence-corrected chi connectivity index (χ1v) is 5.98. The number of hydrogen-bond donors (Lipinski definition) is 2. The van der Waals surface area contributed by atoms with Crippen LogP contribution in [0.2, 0.25) is 0 Å². The summed E-state index contributed by atoms with van der Waals surface area (Å²) in [6, 6.07) is 0. The molecule has 0 aliphatic rings. The smallest absolute Gasteiger partial charge is 0.343 e. The van der Waals surface area contributed by atoms with E-state index >= 15 is 0 Å². The SMILES string of the molecule is CCCC(=C(C(=O)O)C(=O)O)C(C)(C)CCC. The zero-order valence-electron chi connectivity index (χ0n) is 11.0. The molecular formula is C13H22O4. The van der Waals surface area contributed by atoms with Crippen molar-refractivity contribution in [2.24, 2.45) is 5.41 Å². The number of carbonyl (C=O) groups is 2. The van der Waals surface area contributed by atoms with Crippen molar-refractivity contribution in [2.75, 3.05) is 0 Å². The van der Waals surface area contributed by atoms with Crippen molar-refractivity contribution in [1.82, 2.24) is 0 Å². The Morgan fingerprint density at radius 2 is 1.47 bits per heavy atom. The number of aliphatic carboxylic acids is 2. The Kier molecular flexibility index (Phi) is 5.93. The molecule has 4 nitrogen and oxygen atoms in total. The topological polar surface area (TPSA) is 74.6 Å². The van der Waals surface area contributed by atoms with Gasteiger partial charge in [0.15, 0.2) is 0 Å². The fourth-order valence-electron chi connectivity index (χ4n) is 2.18. The van der Waals surface area contributed by atoms with Gasteiger partial charge in [-0.2, -0.15) is 0 Å². The molecule has 0 spiro atoms. The molecule has 0 aromatic carbocycles. The Morgan fingerprint density at radius 1 is 1.00 bits per heavy atom. The van der Waals surface area contributed by atoms with Crippen LogP contribution in [0.4, 0.5) is 0 Å². The van der Waals surface area contributed by atoms with Crippen LogP contribution in [0.15, 0.2) is 11.1 Å². The van der Waals surface area contributed by atoms with Crippen LogP contribution in [-0.2, 0) is 9.59 Å². The van der Waals surface area contributed by atoms with E-state index in [4.69, 9.17) is 10.2 Å². The molecule has 0 heterocycles. The predicted octanol–water partition coefficient (Wildman–Crippen LogP) is 3.08. The quantitative estimate of drug-likeness (QED) is 0.408. The van der Waals surface area contributed by atoms with Gasteiger partial charge in [0, 0.05) is 0 Å². The summed E-state index contributed by atoms with van der Waals surface area (Å²) >= 11 is 0. The van der Waals surface area contributed by atoms with E-state index in [9.17, 15) is 9.59 Å². The van der Waals surface area contributed by atoms with Crippen molar-refractivity contribution >= 4 is 11.9 Å². The van der Waals surface area contributed by atoms with Crippen LogP contribution in [0, 0.1) is 5.41 Å². The lowest BCUT2D eigenvalue weighted by Gasteiger charge is -2.28. The summed E-state index contributed by atoms with van der Waals surface area (Å²) in [5.41, 5.74) is -0.288. The third-order valence-electron chi connectivity index (χ3n) is 2.92. The summed E-state index contributed by atoms with van der Waals surface area (Å²) in [4.78, 5) is 22.1. The van der Waals surface area contributed by atoms with Crippen LogP contribution in [0.1, 0.15) is 53.4 Å². The molecule has 0 saturated heterocycles. The van der Waals surface area contributed by atoms with E-state index in [-0.39, 0.29) is 5.41 Å². The largest absolute Gasteiger partial charge is 0.477 e. The highest BCUT2D eigenvalue weighted by Crippen LogP contribution is 2.36. The molecule has 17 heavy (non-hydrogen) atoms. The summed E-state index contributed by atoms with van der Waals surface area (Å²) in [6.07, 6.45) is 2.94. The van der Waals surface area contributed by atoms with Gasteiger partial charge in [0.2, 0.25) is 0 Å². The van der Waals surface area contributed by atoms with Gasteiger partial charge in [-0.25, -0.2) is 9.59 Å². The molecule has 0 aromatic heterocycles. The van der Waals surface area contributed by atoms with Gasteiger partial charge < -0.3 is 10.2 Å². The normalized spacial score (nSPS) is 11.1. The first-order chi connectivity index (χ1) is 7.77. The van der Waals surface area contributed by atoms with Gasteiger partial charge in [0.1, 0.15) is 5.57 Å². The predicted molar refractivity (Wildman–Crippen MR) is 65.9 cm³/mol. The fourth-order valence-corrected chi connectivity index (χ4v) is 2.18. The lowest BCUT2D eigenvalue weighted by Crippen LogP contribution is -2.23. The monoisotopic (exact) mass is 242 g/mol. The molecule has 0 saturated carbocycles. The van der Waals surface area contributed by atoms with Crippen molar-refractivity contribution in [3.63, 3.8) is 0 Å². The van der Waals surface area contributed by atoms with Crippen molar-refractivity contribution in [1.29, 1.82) is 0 Å². The standard InChI is InChI=1S/C13H22O4/c1-5-7-9(13(3,4)8-6-2)10(11(14)15)12(16)17/h5-8H2,1-4H3,(H,14,15)(H,16,17). The van der Waals surface area contributed by atoms with Crippen LogP contribution in [0.5, 0.6) is 0 Å². The number of rotatable bonds is 7. The van der Waals surface area contributed by atoms with Gasteiger partial charge in [-0.3, -0.25) is 0 Å². The molecule has 0 rings (SSSR count). The highest BCUT2D eigenvalue weighted by atomic mass is 16.4. The van der Waals surface area contributed by atoms with Gasteiger partial charge in [0.25, 0.3) is 0 Å². The number of hydrogen-bond acceptors (Lipinski definition) is 2. The minimum absolute atomic E-state index is 0.378. The second-order valence-corrected chi connectivity index (χ2v) is 4.85. The minimum Gasteiger partial charge on any atom is -0.477 e. The van der Waals surface area contributed by atoms with Crippen molar-refractivity contribution < 1.29 is 19.8 Å². The summed E-state index contributed by atoms with van der Waals surface area (Å²) in [5, 5.41) is 18.1. The summed E-state index contributed by atoms with van der Waals surface area (Å²) in [6.45, 7) is 7.75. The Hall–Kier alpha value is -1.32. The maximum Gasteiger partial charge on any atom is 0.343 e. The molecule has 0 atom stereocenters. The van der Waals surface area contributed by atoms with Crippen LogP contribution in [-0.4, -0.2) is 22.2 Å². The molecule has 0 bridgehead atoms. The average molecular weight is 242 g/mol. The Morgan fingerprint density at radius 3 is 1.76 bits per heavy atom. The number of allylic oxidation sites excluding steroid dienone is 1. The molecule has 0 amide bonds. The van der Waals surface area contributed by atoms with Gasteiger partial charge in [-0.05, 0) is 23.8 Å². The maximum atomic E-state index is 11.1. The fraction of sp³-hybridized carbons (Fsp3) is 0.692. The molecule has 0 radical (unpaired) electrons. The zero-order valence-corrected chi connectivity index (χ0v) is 11.0. The van der Waals surface area contributed by atoms with Gasteiger partial charge in [-0.15, -0.1) is 0 Å². The Bertz CT molecular complexity index is 310. The first kappa shape index (κ1) is 15.7. The highest BCUT2D eigenvalue weighted by Gasteiger charge is 2.31. The Labute approximate surface area is 102 Å². The second kappa shape index (κ2) is 6.42.